The molecule has 0 fully saturated rings. The van der Waals surface area contributed by atoms with Gasteiger partial charge in [0.1, 0.15) is 0 Å². The molecule has 0 aliphatic carbocycles. The topological polar surface area (TPSA) is 68.0 Å². The van der Waals surface area contributed by atoms with Crippen molar-refractivity contribution in [3.63, 3.8) is 0 Å². The highest BCUT2D eigenvalue weighted by Gasteiger charge is 2.12. The number of nitrogens with one attached hydrogen (secondary N) is 1. The maximum Gasteiger partial charge on any atom is 0.226 e. The van der Waals surface area contributed by atoms with E-state index in [0.29, 0.717) is 11.4 Å². The number of pyridine rings is 1. The van der Waals surface area contributed by atoms with Gasteiger partial charge in [-0.25, -0.2) is 0 Å². The maximum absolute atomic E-state index is 12.0. The van der Waals surface area contributed by atoms with Crippen molar-refractivity contribution in [2.75, 3.05) is 5.73 Å². The van der Waals surface area contributed by atoms with Gasteiger partial charge in [0.15, 0.2) is 0 Å². The van der Waals surface area contributed by atoms with Crippen molar-refractivity contribution in [1.29, 1.82) is 0 Å². The molecule has 1 aromatic carbocycles. The zero-order chi connectivity index (χ0) is 14.5. The summed E-state index contributed by atoms with van der Waals surface area (Å²) in [6.07, 6.45) is 1.80. The number of aromatic nitrogens is 1. The van der Waals surface area contributed by atoms with Crippen molar-refractivity contribution in [2.24, 2.45) is 0 Å². The molecule has 0 bridgehead atoms. The Labute approximate surface area is 126 Å². The minimum atomic E-state index is -0.0643. The Morgan fingerprint density at radius 2 is 2.10 bits per heavy atom. The molecule has 0 radical (unpaired) electrons. The Hall–Kier alpha value is -1.88. The number of anilines is 1. The first-order valence-corrected chi connectivity index (χ1v) is 7.10. The number of nitrogen functional groups attached to an aromatic ring is 1. The molecular formula is C15H16BrN3O. The first-order chi connectivity index (χ1) is 9.56. The van der Waals surface area contributed by atoms with Gasteiger partial charge in [-0.1, -0.05) is 34.1 Å². The fourth-order valence-electron chi connectivity index (χ4n) is 1.90. The molecule has 1 unspecified atom stereocenters. The van der Waals surface area contributed by atoms with Crippen LogP contribution in [-0.4, -0.2) is 10.9 Å². The van der Waals surface area contributed by atoms with E-state index in [1.807, 2.05) is 31.2 Å². The van der Waals surface area contributed by atoms with E-state index in [2.05, 4.69) is 26.2 Å². The summed E-state index contributed by atoms with van der Waals surface area (Å²) in [6, 6.07) is 11.3. The van der Waals surface area contributed by atoms with Gasteiger partial charge in [-0.3, -0.25) is 9.78 Å². The third-order valence-electron chi connectivity index (χ3n) is 2.94. The molecule has 2 rings (SSSR count). The Kier molecular flexibility index (Phi) is 4.74. The number of hydrogen-bond acceptors (Lipinski definition) is 3. The molecule has 5 heteroatoms. The van der Waals surface area contributed by atoms with Crippen LogP contribution in [0.4, 0.5) is 5.69 Å². The lowest BCUT2D eigenvalue weighted by Crippen LogP contribution is -2.28. The largest absolute Gasteiger partial charge is 0.397 e. The van der Waals surface area contributed by atoms with Crippen molar-refractivity contribution >= 4 is 27.5 Å². The summed E-state index contributed by atoms with van der Waals surface area (Å²) < 4.78 is 0.985. The highest BCUT2D eigenvalue weighted by Crippen LogP contribution is 2.22. The van der Waals surface area contributed by atoms with Crippen LogP contribution in [0.25, 0.3) is 0 Å². The van der Waals surface area contributed by atoms with Crippen LogP contribution in [0, 0.1) is 0 Å². The number of halogens is 1. The second-order valence-corrected chi connectivity index (χ2v) is 5.42. The average Bonchev–Trinajstić information content (AvgIpc) is 2.41. The van der Waals surface area contributed by atoms with E-state index in [1.165, 1.54) is 0 Å². The van der Waals surface area contributed by atoms with Gasteiger partial charge in [-0.2, -0.15) is 0 Å². The summed E-state index contributed by atoms with van der Waals surface area (Å²) in [5.74, 6) is -0.0643. The lowest BCUT2D eigenvalue weighted by Gasteiger charge is -2.15. The average molecular weight is 334 g/mol. The van der Waals surface area contributed by atoms with Crippen molar-refractivity contribution in [3.05, 3.63) is 58.3 Å². The molecule has 1 heterocycles. The fourth-order valence-corrected chi connectivity index (χ4v) is 2.53. The zero-order valence-electron chi connectivity index (χ0n) is 11.1. The Morgan fingerprint density at radius 3 is 2.75 bits per heavy atom. The van der Waals surface area contributed by atoms with Crippen LogP contribution in [0.5, 0.6) is 0 Å². The Balaban J connectivity index is 1.98. The molecule has 4 nitrogen and oxygen atoms in total. The van der Waals surface area contributed by atoms with Crippen LogP contribution in [0.1, 0.15) is 24.2 Å². The van der Waals surface area contributed by atoms with Gasteiger partial charge in [0.05, 0.1) is 24.3 Å². The van der Waals surface area contributed by atoms with Gasteiger partial charge in [0.25, 0.3) is 0 Å². The molecule has 0 saturated carbocycles. The number of nitrogens with two attached hydrogens (primary N) is 1. The Bertz CT molecular complexity index is 598. The molecule has 104 valence electrons. The number of hydrogen-bond donors (Lipinski definition) is 2. The SMILES string of the molecule is CC(NC(=O)Cc1ccc(N)cn1)c1ccccc1Br. The summed E-state index contributed by atoms with van der Waals surface area (Å²) in [7, 11) is 0. The standard InChI is InChI=1S/C15H16BrN3O/c1-10(13-4-2-3-5-14(13)16)19-15(20)8-12-7-6-11(17)9-18-12/h2-7,9-10H,8,17H2,1H3,(H,19,20). The summed E-state index contributed by atoms with van der Waals surface area (Å²) in [5, 5.41) is 2.96. The summed E-state index contributed by atoms with van der Waals surface area (Å²) >= 11 is 3.48. The number of amides is 1. The van der Waals surface area contributed by atoms with Crippen LogP contribution >= 0.6 is 15.9 Å². The monoisotopic (exact) mass is 333 g/mol. The normalized spacial score (nSPS) is 11.9. The van der Waals surface area contributed by atoms with E-state index in [0.717, 1.165) is 10.0 Å². The number of carbonyl (C=O) groups excluding carboxylic acids is 1. The second-order valence-electron chi connectivity index (χ2n) is 4.57. The number of rotatable bonds is 4. The number of nitrogens with zero attached hydrogens (tertiary/aromatic N) is 1. The van der Waals surface area contributed by atoms with E-state index in [4.69, 9.17) is 5.73 Å². The minimum Gasteiger partial charge on any atom is -0.397 e. The molecule has 3 N–H and O–H groups in total. The van der Waals surface area contributed by atoms with Gasteiger partial charge in [0, 0.05) is 10.2 Å². The predicted molar refractivity (Wildman–Crippen MR) is 83.1 cm³/mol. The molecule has 0 spiro atoms. The highest BCUT2D eigenvalue weighted by atomic mass is 79.9. The molecule has 0 saturated heterocycles. The Morgan fingerprint density at radius 1 is 1.35 bits per heavy atom. The van der Waals surface area contributed by atoms with Gasteiger partial charge in [0.2, 0.25) is 5.91 Å². The maximum atomic E-state index is 12.0. The van der Waals surface area contributed by atoms with E-state index in [-0.39, 0.29) is 18.4 Å². The van der Waals surface area contributed by atoms with Crippen molar-refractivity contribution in [3.8, 4) is 0 Å². The zero-order valence-corrected chi connectivity index (χ0v) is 12.7. The molecular weight excluding hydrogens is 318 g/mol. The van der Waals surface area contributed by atoms with Gasteiger partial charge in [-0.05, 0) is 30.7 Å². The fraction of sp³-hybridized carbons (Fsp3) is 0.200. The quantitative estimate of drug-likeness (QED) is 0.903. The molecule has 1 atom stereocenters. The van der Waals surface area contributed by atoms with Crippen LogP contribution < -0.4 is 11.1 Å². The van der Waals surface area contributed by atoms with Crippen molar-refractivity contribution in [1.82, 2.24) is 10.3 Å². The summed E-state index contributed by atoms with van der Waals surface area (Å²) in [5.41, 5.74) is 7.91. The molecule has 20 heavy (non-hydrogen) atoms. The van der Waals surface area contributed by atoms with Crippen molar-refractivity contribution in [2.45, 2.75) is 19.4 Å². The van der Waals surface area contributed by atoms with Gasteiger partial charge in [-0.15, -0.1) is 0 Å². The molecule has 0 aliphatic heterocycles. The van der Waals surface area contributed by atoms with Crippen molar-refractivity contribution < 1.29 is 4.79 Å². The third-order valence-corrected chi connectivity index (χ3v) is 3.66. The smallest absolute Gasteiger partial charge is 0.226 e. The first-order valence-electron chi connectivity index (χ1n) is 6.30. The lowest BCUT2D eigenvalue weighted by atomic mass is 10.1. The molecule has 2 aromatic rings. The van der Waals surface area contributed by atoms with Gasteiger partial charge >= 0.3 is 0 Å². The van der Waals surface area contributed by atoms with Crippen LogP contribution in [0.3, 0.4) is 0 Å². The minimum absolute atomic E-state index is 0.0631. The van der Waals surface area contributed by atoms with Crippen LogP contribution in [0.15, 0.2) is 47.1 Å². The number of benzene rings is 1. The predicted octanol–water partition coefficient (Wildman–Crippen LogP) is 2.85. The van der Waals surface area contributed by atoms with E-state index < -0.39 is 0 Å². The summed E-state index contributed by atoms with van der Waals surface area (Å²) in [4.78, 5) is 16.1. The first kappa shape index (κ1) is 14.5. The molecule has 1 amide bonds. The molecule has 0 aliphatic rings. The van der Waals surface area contributed by atoms with E-state index in [9.17, 15) is 4.79 Å². The van der Waals surface area contributed by atoms with E-state index >= 15 is 0 Å². The molecule has 1 aromatic heterocycles. The van der Waals surface area contributed by atoms with Crippen LogP contribution in [-0.2, 0) is 11.2 Å². The van der Waals surface area contributed by atoms with Crippen LogP contribution in [0.2, 0.25) is 0 Å². The number of carbonyl (C=O) groups is 1. The van der Waals surface area contributed by atoms with Gasteiger partial charge < -0.3 is 11.1 Å². The van der Waals surface area contributed by atoms with E-state index in [1.54, 1.807) is 18.3 Å². The lowest BCUT2D eigenvalue weighted by molar-refractivity contribution is -0.121. The second kappa shape index (κ2) is 6.52. The highest BCUT2D eigenvalue weighted by molar-refractivity contribution is 9.10. The summed E-state index contributed by atoms with van der Waals surface area (Å²) in [6.45, 7) is 1.95. The third kappa shape index (κ3) is 3.81.